The van der Waals surface area contributed by atoms with Crippen molar-refractivity contribution in [3.8, 4) is 0 Å². The van der Waals surface area contributed by atoms with Crippen LogP contribution in [0.3, 0.4) is 0 Å². The molecule has 2 N–H and O–H groups in total. The maximum absolute atomic E-state index is 9.79. The van der Waals surface area contributed by atoms with Gasteiger partial charge in [0.05, 0.1) is 12.7 Å². The number of nitrogens with one attached hydrogen (secondary N) is 1. The van der Waals surface area contributed by atoms with Crippen LogP contribution in [0.15, 0.2) is 0 Å². The Morgan fingerprint density at radius 1 is 1.39 bits per heavy atom. The first kappa shape index (κ1) is 16.3. The summed E-state index contributed by atoms with van der Waals surface area (Å²) in [6.07, 6.45) is 5.69. The molecule has 1 aliphatic carbocycles. The van der Waals surface area contributed by atoms with Crippen molar-refractivity contribution in [3.63, 3.8) is 0 Å². The highest BCUT2D eigenvalue weighted by Crippen LogP contribution is 2.29. The Morgan fingerprint density at radius 2 is 2.22 bits per heavy atom. The van der Waals surface area contributed by atoms with E-state index in [2.05, 4.69) is 30.9 Å². The van der Waals surface area contributed by atoms with E-state index < -0.39 is 0 Å². The molecule has 1 fully saturated rings. The first-order chi connectivity index (χ1) is 8.76. The summed E-state index contributed by atoms with van der Waals surface area (Å²) in [5.74, 6) is 1.21. The van der Waals surface area contributed by atoms with Gasteiger partial charge in [-0.3, -0.25) is 0 Å². The molecule has 4 heteroatoms. The Kier molecular flexibility index (Phi) is 9.11. The summed E-state index contributed by atoms with van der Waals surface area (Å²) in [5, 5.41) is 14.1. The average Bonchev–Trinajstić information content (AvgIpc) is 2.80. The third-order valence-electron chi connectivity index (χ3n) is 3.38. The Labute approximate surface area is 116 Å². The third-order valence-corrected chi connectivity index (χ3v) is 4.61. The molecule has 3 nitrogen and oxygen atoms in total. The number of thioether (sulfide) groups is 1. The molecule has 0 spiro atoms. The molecule has 1 aliphatic rings. The van der Waals surface area contributed by atoms with Crippen LogP contribution in [0, 0.1) is 0 Å². The summed E-state index contributed by atoms with van der Waals surface area (Å²) in [5.41, 5.74) is 0. The Bertz CT molecular complexity index is 204. The zero-order valence-electron chi connectivity index (χ0n) is 11.9. The average molecular weight is 275 g/mol. The molecule has 0 radical (unpaired) electrons. The van der Waals surface area contributed by atoms with Crippen LogP contribution in [0.2, 0.25) is 0 Å². The molecule has 0 aromatic heterocycles. The molecule has 108 valence electrons. The lowest BCUT2D eigenvalue weighted by Gasteiger charge is -2.16. The third kappa shape index (κ3) is 6.98. The fraction of sp³-hybridized carbons (Fsp3) is 1.00. The van der Waals surface area contributed by atoms with Gasteiger partial charge in [-0.25, -0.2) is 0 Å². The lowest BCUT2D eigenvalue weighted by atomic mass is 10.2. The number of hydrogen-bond donors (Lipinski definition) is 2. The van der Waals surface area contributed by atoms with Crippen molar-refractivity contribution in [2.45, 2.75) is 63.3 Å². The topological polar surface area (TPSA) is 41.5 Å². The largest absolute Gasteiger partial charge is 0.389 e. The molecular weight excluding hydrogens is 246 g/mol. The van der Waals surface area contributed by atoms with Crippen molar-refractivity contribution in [1.82, 2.24) is 5.32 Å². The van der Waals surface area contributed by atoms with Crippen LogP contribution < -0.4 is 5.32 Å². The quantitative estimate of drug-likeness (QED) is 0.601. The molecule has 0 aliphatic heterocycles. The van der Waals surface area contributed by atoms with Crippen LogP contribution >= 0.6 is 11.8 Å². The summed E-state index contributed by atoms with van der Waals surface area (Å²) in [4.78, 5) is 0. The van der Waals surface area contributed by atoms with E-state index in [1.165, 1.54) is 25.0 Å². The normalized spacial score (nSPS) is 25.5. The fourth-order valence-corrected chi connectivity index (χ4v) is 3.48. The number of unbranched alkanes of at least 4 members (excludes halogenated alkanes) is 1. The van der Waals surface area contributed by atoms with Crippen molar-refractivity contribution in [2.24, 2.45) is 0 Å². The van der Waals surface area contributed by atoms with Gasteiger partial charge in [0, 0.05) is 24.4 Å². The molecule has 0 aromatic rings. The number of aliphatic hydroxyl groups is 1. The summed E-state index contributed by atoms with van der Waals surface area (Å²) < 4.78 is 5.42. The van der Waals surface area contributed by atoms with Gasteiger partial charge in [-0.2, -0.15) is 11.8 Å². The fourth-order valence-electron chi connectivity index (χ4n) is 2.34. The summed E-state index contributed by atoms with van der Waals surface area (Å²) in [6.45, 7) is 6.27. The number of hydrogen-bond acceptors (Lipinski definition) is 4. The molecule has 18 heavy (non-hydrogen) atoms. The predicted octanol–water partition coefficient (Wildman–Crippen LogP) is 2.43. The molecule has 0 bridgehead atoms. The van der Waals surface area contributed by atoms with Crippen molar-refractivity contribution in [1.29, 1.82) is 0 Å². The maximum Gasteiger partial charge on any atom is 0.0897 e. The van der Waals surface area contributed by atoms with Crippen LogP contribution in [0.1, 0.15) is 46.0 Å². The Balaban J connectivity index is 1.99. The molecule has 3 atom stereocenters. The minimum atomic E-state index is -0.361. The van der Waals surface area contributed by atoms with Crippen molar-refractivity contribution < 1.29 is 9.84 Å². The van der Waals surface area contributed by atoms with E-state index in [1.807, 2.05) is 0 Å². The summed E-state index contributed by atoms with van der Waals surface area (Å²) in [6, 6.07) is 0.597. The summed E-state index contributed by atoms with van der Waals surface area (Å²) >= 11 is 2.07. The standard InChI is InChI=1S/C14H29NO2S/c1-3-5-8-17-11-13(16)10-15-12-6-7-14(9-12)18-4-2/h12-16H,3-11H2,1-2H3. The highest BCUT2D eigenvalue weighted by molar-refractivity contribution is 7.99. The van der Waals surface area contributed by atoms with Gasteiger partial charge in [0.15, 0.2) is 0 Å². The monoisotopic (exact) mass is 275 g/mol. The SMILES string of the molecule is CCCCOCC(O)CNC1CCC(SCC)C1. The van der Waals surface area contributed by atoms with Crippen LogP contribution in [0.4, 0.5) is 0 Å². The van der Waals surface area contributed by atoms with E-state index >= 15 is 0 Å². The Hall–Kier alpha value is 0.230. The first-order valence-electron chi connectivity index (χ1n) is 7.37. The smallest absolute Gasteiger partial charge is 0.0897 e. The second-order valence-electron chi connectivity index (χ2n) is 5.08. The molecule has 0 heterocycles. The molecule has 1 rings (SSSR count). The van der Waals surface area contributed by atoms with Crippen LogP contribution in [0.25, 0.3) is 0 Å². The van der Waals surface area contributed by atoms with Gasteiger partial charge in [0.2, 0.25) is 0 Å². The van der Waals surface area contributed by atoms with E-state index in [4.69, 9.17) is 4.74 Å². The Morgan fingerprint density at radius 3 is 2.94 bits per heavy atom. The van der Waals surface area contributed by atoms with E-state index in [9.17, 15) is 5.11 Å². The number of aliphatic hydroxyl groups excluding tert-OH is 1. The van der Waals surface area contributed by atoms with Crippen molar-refractivity contribution in [3.05, 3.63) is 0 Å². The highest BCUT2D eigenvalue weighted by Gasteiger charge is 2.24. The molecular formula is C14H29NO2S. The molecule has 0 aromatic carbocycles. The van der Waals surface area contributed by atoms with Gasteiger partial charge < -0.3 is 15.2 Å². The molecule has 1 saturated carbocycles. The van der Waals surface area contributed by atoms with Crippen LogP contribution in [0.5, 0.6) is 0 Å². The molecule has 0 saturated heterocycles. The van der Waals surface area contributed by atoms with Gasteiger partial charge in [-0.1, -0.05) is 20.3 Å². The van der Waals surface area contributed by atoms with Gasteiger partial charge >= 0.3 is 0 Å². The van der Waals surface area contributed by atoms with Crippen LogP contribution in [-0.4, -0.2) is 48.0 Å². The minimum Gasteiger partial charge on any atom is -0.389 e. The second-order valence-corrected chi connectivity index (χ2v) is 6.66. The highest BCUT2D eigenvalue weighted by atomic mass is 32.2. The first-order valence-corrected chi connectivity index (χ1v) is 8.41. The van der Waals surface area contributed by atoms with Crippen LogP contribution in [-0.2, 0) is 4.74 Å². The van der Waals surface area contributed by atoms with Gasteiger partial charge in [-0.05, 0) is 31.4 Å². The number of rotatable bonds is 10. The second kappa shape index (κ2) is 10.1. The van der Waals surface area contributed by atoms with Gasteiger partial charge in [0.25, 0.3) is 0 Å². The zero-order valence-corrected chi connectivity index (χ0v) is 12.7. The van der Waals surface area contributed by atoms with E-state index in [1.54, 1.807) is 0 Å². The van der Waals surface area contributed by atoms with Gasteiger partial charge in [0.1, 0.15) is 0 Å². The lowest BCUT2D eigenvalue weighted by molar-refractivity contribution is 0.0347. The van der Waals surface area contributed by atoms with Gasteiger partial charge in [-0.15, -0.1) is 0 Å². The molecule has 0 amide bonds. The van der Waals surface area contributed by atoms with E-state index in [0.29, 0.717) is 19.2 Å². The van der Waals surface area contributed by atoms with Crippen molar-refractivity contribution >= 4 is 11.8 Å². The summed E-state index contributed by atoms with van der Waals surface area (Å²) in [7, 11) is 0. The zero-order chi connectivity index (χ0) is 13.2. The van der Waals surface area contributed by atoms with E-state index in [-0.39, 0.29) is 6.10 Å². The number of ether oxygens (including phenoxy) is 1. The maximum atomic E-state index is 9.79. The molecule has 3 unspecified atom stereocenters. The lowest BCUT2D eigenvalue weighted by Crippen LogP contribution is -2.36. The predicted molar refractivity (Wildman–Crippen MR) is 79.3 cm³/mol. The van der Waals surface area contributed by atoms with Crippen molar-refractivity contribution in [2.75, 3.05) is 25.5 Å². The van der Waals surface area contributed by atoms with E-state index in [0.717, 1.165) is 24.7 Å². The minimum absolute atomic E-state index is 0.361.